The van der Waals surface area contributed by atoms with Crippen LogP contribution in [0.2, 0.25) is 0 Å². The summed E-state index contributed by atoms with van der Waals surface area (Å²) in [4.78, 5) is 2.49. The lowest BCUT2D eigenvalue weighted by molar-refractivity contribution is 0.277. The molecule has 1 aliphatic rings. The first-order valence-electron chi connectivity index (χ1n) is 5.76. The van der Waals surface area contributed by atoms with E-state index in [4.69, 9.17) is 5.73 Å². The zero-order valence-electron chi connectivity index (χ0n) is 9.45. The Hall–Kier alpha value is -1.03. The molecule has 0 bridgehead atoms. The number of rotatable bonds is 2. The van der Waals surface area contributed by atoms with E-state index in [1.54, 1.807) is 4.68 Å². The minimum atomic E-state index is 0.805. The average molecular weight is 208 g/mol. The minimum absolute atomic E-state index is 0.805. The molecule has 0 unspecified atom stereocenters. The molecular weight excluding hydrogens is 188 g/mol. The zero-order valence-corrected chi connectivity index (χ0v) is 9.45. The maximum absolute atomic E-state index is 5.93. The molecule has 2 rings (SSSR count). The summed E-state index contributed by atoms with van der Waals surface area (Å²) in [6.07, 6.45) is 7.28. The molecule has 0 saturated carbocycles. The van der Waals surface area contributed by atoms with Crippen LogP contribution in [0.3, 0.4) is 0 Å². The van der Waals surface area contributed by atoms with Crippen molar-refractivity contribution in [3.63, 3.8) is 0 Å². The monoisotopic (exact) mass is 208 g/mol. The van der Waals surface area contributed by atoms with Gasteiger partial charge in [-0.1, -0.05) is 12.8 Å². The minimum Gasteiger partial charge on any atom is -0.384 e. The largest absolute Gasteiger partial charge is 0.384 e. The molecule has 1 aliphatic heterocycles. The summed E-state index contributed by atoms with van der Waals surface area (Å²) in [6.45, 7) is 3.36. The van der Waals surface area contributed by atoms with Crippen molar-refractivity contribution in [2.24, 2.45) is 7.05 Å². The predicted octanol–water partition coefficient (Wildman–Crippen LogP) is 1.38. The van der Waals surface area contributed by atoms with Crippen LogP contribution in [0.1, 0.15) is 31.2 Å². The van der Waals surface area contributed by atoms with Crippen molar-refractivity contribution in [2.75, 3.05) is 18.8 Å². The van der Waals surface area contributed by atoms with Gasteiger partial charge in [0.1, 0.15) is 5.82 Å². The van der Waals surface area contributed by atoms with Crippen LogP contribution in [0.5, 0.6) is 0 Å². The van der Waals surface area contributed by atoms with E-state index in [0.29, 0.717) is 0 Å². The van der Waals surface area contributed by atoms with Crippen LogP contribution in [-0.2, 0) is 13.6 Å². The van der Waals surface area contributed by atoms with Gasteiger partial charge in [-0.25, -0.2) is 0 Å². The first kappa shape index (κ1) is 10.5. The second-order valence-corrected chi connectivity index (χ2v) is 4.37. The Morgan fingerprint density at radius 1 is 1.27 bits per heavy atom. The van der Waals surface area contributed by atoms with Gasteiger partial charge < -0.3 is 5.73 Å². The lowest BCUT2D eigenvalue weighted by atomic mass is 10.2. The lowest BCUT2D eigenvalue weighted by Gasteiger charge is -2.18. The van der Waals surface area contributed by atoms with Crippen molar-refractivity contribution in [1.82, 2.24) is 14.7 Å². The second-order valence-electron chi connectivity index (χ2n) is 4.37. The third kappa shape index (κ3) is 2.50. The molecule has 0 spiro atoms. The Morgan fingerprint density at radius 3 is 2.47 bits per heavy atom. The molecule has 2 heterocycles. The molecular formula is C11H20N4. The number of nitrogen functional groups attached to an aromatic ring is 1. The highest BCUT2D eigenvalue weighted by molar-refractivity contribution is 5.38. The van der Waals surface area contributed by atoms with E-state index in [2.05, 4.69) is 10.00 Å². The molecule has 0 aliphatic carbocycles. The molecule has 0 atom stereocenters. The Labute approximate surface area is 91.1 Å². The summed E-state index contributed by atoms with van der Waals surface area (Å²) in [5.41, 5.74) is 7.10. The number of likely N-dealkylation sites (tertiary alicyclic amines) is 1. The van der Waals surface area contributed by atoms with E-state index in [1.165, 1.54) is 44.3 Å². The average Bonchev–Trinajstić information content (AvgIpc) is 2.50. The summed E-state index contributed by atoms with van der Waals surface area (Å²) in [5.74, 6) is 0.805. The number of hydrogen-bond donors (Lipinski definition) is 1. The van der Waals surface area contributed by atoms with E-state index < -0.39 is 0 Å². The summed E-state index contributed by atoms with van der Waals surface area (Å²) < 4.78 is 1.74. The number of anilines is 1. The molecule has 15 heavy (non-hydrogen) atoms. The maximum atomic E-state index is 5.93. The third-order valence-electron chi connectivity index (χ3n) is 3.16. The fraction of sp³-hybridized carbons (Fsp3) is 0.727. The third-order valence-corrected chi connectivity index (χ3v) is 3.16. The molecule has 84 valence electrons. The molecule has 1 fully saturated rings. The van der Waals surface area contributed by atoms with Crippen molar-refractivity contribution in [3.8, 4) is 0 Å². The second kappa shape index (κ2) is 4.66. The zero-order chi connectivity index (χ0) is 10.7. The van der Waals surface area contributed by atoms with Crippen LogP contribution in [-0.4, -0.2) is 27.8 Å². The lowest BCUT2D eigenvalue weighted by Crippen LogP contribution is -2.24. The van der Waals surface area contributed by atoms with Crippen LogP contribution >= 0.6 is 0 Å². The highest BCUT2D eigenvalue weighted by Crippen LogP contribution is 2.16. The fourth-order valence-corrected chi connectivity index (χ4v) is 2.15. The van der Waals surface area contributed by atoms with Gasteiger partial charge in [0, 0.05) is 19.2 Å². The molecule has 0 aromatic carbocycles. The molecule has 0 radical (unpaired) electrons. The standard InChI is InChI=1S/C11H20N4/c1-14-11(12)10(8-13-14)9-15-6-4-2-3-5-7-15/h8H,2-7,9,12H2,1H3. The smallest absolute Gasteiger partial charge is 0.125 e. The Bertz CT molecular complexity index is 310. The number of nitrogens with two attached hydrogens (primary N) is 1. The Balaban J connectivity index is 1.98. The molecule has 2 N–H and O–H groups in total. The van der Waals surface area contributed by atoms with Gasteiger partial charge in [0.15, 0.2) is 0 Å². The SMILES string of the molecule is Cn1ncc(CN2CCCCCC2)c1N. The van der Waals surface area contributed by atoms with Crippen molar-refractivity contribution in [1.29, 1.82) is 0 Å². The summed E-state index contributed by atoms with van der Waals surface area (Å²) in [6, 6.07) is 0. The van der Waals surface area contributed by atoms with E-state index >= 15 is 0 Å². The number of aromatic nitrogens is 2. The normalized spacial score (nSPS) is 19.0. The Kier molecular flexibility index (Phi) is 3.26. The molecule has 0 amide bonds. The van der Waals surface area contributed by atoms with Crippen LogP contribution in [0.15, 0.2) is 6.20 Å². The highest BCUT2D eigenvalue weighted by atomic mass is 15.3. The summed E-state index contributed by atoms with van der Waals surface area (Å²) in [7, 11) is 1.89. The number of nitrogens with zero attached hydrogens (tertiary/aromatic N) is 3. The van der Waals surface area contributed by atoms with Crippen molar-refractivity contribution >= 4 is 5.82 Å². The first-order chi connectivity index (χ1) is 7.27. The van der Waals surface area contributed by atoms with Gasteiger partial charge in [-0.2, -0.15) is 5.10 Å². The van der Waals surface area contributed by atoms with Gasteiger partial charge in [0.2, 0.25) is 0 Å². The maximum Gasteiger partial charge on any atom is 0.125 e. The molecule has 1 saturated heterocycles. The van der Waals surface area contributed by atoms with Crippen LogP contribution in [0, 0.1) is 0 Å². The quantitative estimate of drug-likeness (QED) is 0.798. The molecule has 4 nitrogen and oxygen atoms in total. The van der Waals surface area contributed by atoms with Gasteiger partial charge in [0.05, 0.1) is 6.20 Å². The van der Waals surface area contributed by atoms with Gasteiger partial charge in [-0.05, 0) is 25.9 Å². The molecule has 4 heteroatoms. The van der Waals surface area contributed by atoms with Gasteiger partial charge in [0.25, 0.3) is 0 Å². The Morgan fingerprint density at radius 2 is 1.93 bits per heavy atom. The van der Waals surface area contributed by atoms with E-state index in [0.717, 1.165) is 12.4 Å². The topological polar surface area (TPSA) is 47.1 Å². The summed E-state index contributed by atoms with van der Waals surface area (Å²) in [5, 5.41) is 4.17. The van der Waals surface area contributed by atoms with Gasteiger partial charge in [-0.15, -0.1) is 0 Å². The predicted molar refractivity (Wildman–Crippen MR) is 61.4 cm³/mol. The molecule has 1 aromatic rings. The van der Waals surface area contributed by atoms with Crippen molar-refractivity contribution in [3.05, 3.63) is 11.8 Å². The van der Waals surface area contributed by atoms with Gasteiger partial charge in [-0.3, -0.25) is 9.58 Å². The van der Waals surface area contributed by atoms with E-state index in [-0.39, 0.29) is 0 Å². The van der Waals surface area contributed by atoms with E-state index in [9.17, 15) is 0 Å². The highest BCUT2D eigenvalue weighted by Gasteiger charge is 2.12. The summed E-state index contributed by atoms with van der Waals surface area (Å²) >= 11 is 0. The van der Waals surface area contributed by atoms with Gasteiger partial charge >= 0.3 is 0 Å². The number of hydrogen-bond acceptors (Lipinski definition) is 3. The van der Waals surface area contributed by atoms with Crippen molar-refractivity contribution in [2.45, 2.75) is 32.2 Å². The first-order valence-corrected chi connectivity index (χ1v) is 5.76. The fourth-order valence-electron chi connectivity index (χ4n) is 2.15. The number of aryl methyl sites for hydroxylation is 1. The molecule has 1 aromatic heterocycles. The van der Waals surface area contributed by atoms with E-state index in [1.807, 2.05) is 13.2 Å². The van der Waals surface area contributed by atoms with Crippen LogP contribution < -0.4 is 5.73 Å². The van der Waals surface area contributed by atoms with Crippen molar-refractivity contribution < 1.29 is 0 Å². The van der Waals surface area contributed by atoms with Crippen LogP contribution in [0.25, 0.3) is 0 Å². The van der Waals surface area contributed by atoms with Crippen LogP contribution in [0.4, 0.5) is 5.82 Å².